The number of aryl methyl sites for hydroxylation is 1. The van der Waals surface area contributed by atoms with Crippen LogP contribution < -0.4 is 5.32 Å². The molecule has 1 fully saturated rings. The molecule has 128 valence electrons. The maximum absolute atomic E-state index is 12.3. The molecule has 1 aromatic carbocycles. The molecule has 3 rings (SSSR count). The van der Waals surface area contributed by atoms with Gasteiger partial charge < -0.3 is 10.2 Å². The fraction of sp³-hybridized carbons (Fsp3) is 0.500. The van der Waals surface area contributed by atoms with Gasteiger partial charge >= 0.3 is 0 Å². The summed E-state index contributed by atoms with van der Waals surface area (Å²) in [4.78, 5) is 26.3. The Bertz CT molecular complexity index is 597. The molecule has 1 aliphatic carbocycles. The van der Waals surface area contributed by atoms with E-state index in [1.807, 2.05) is 23.1 Å². The average Bonchev–Trinajstić information content (AvgIpc) is 3.25. The summed E-state index contributed by atoms with van der Waals surface area (Å²) in [6, 6.07) is 10.2. The number of nitrogens with one attached hydrogen (secondary N) is 1. The number of carbonyl (C=O) groups is 2. The van der Waals surface area contributed by atoms with E-state index in [-0.39, 0.29) is 17.9 Å². The van der Waals surface area contributed by atoms with E-state index in [2.05, 4.69) is 29.6 Å². The summed E-state index contributed by atoms with van der Waals surface area (Å²) in [5.41, 5.74) is 1.19. The number of nitrogens with zero attached hydrogens (tertiary/aromatic N) is 1. The summed E-state index contributed by atoms with van der Waals surface area (Å²) < 4.78 is 0. The summed E-state index contributed by atoms with van der Waals surface area (Å²) in [6.45, 7) is 1.40. The second-order valence-corrected chi connectivity index (χ2v) is 6.85. The molecule has 0 unspecified atom stereocenters. The minimum absolute atomic E-state index is 0.114. The third kappa shape index (κ3) is 4.70. The number of rotatable bonds is 6. The molecule has 0 aromatic heterocycles. The van der Waals surface area contributed by atoms with Crippen molar-refractivity contribution < 1.29 is 9.59 Å². The van der Waals surface area contributed by atoms with Crippen molar-refractivity contribution in [3.8, 4) is 0 Å². The first-order valence-electron chi connectivity index (χ1n) is 8.98. The summed E-state index contributed by atoms with van der Waals surface area (Å²) in [6.07, 6.45) is 9.23. The topological polar surface area (TPSA) is 49.4 Å². The number of amides is 2. The van der Waals surface area contributed by atoms with Crippen LogP contribution in [0.15, 0.2) is 42.5 Å². The standard InChI is InChI=1S/C20H26N2O2/c23-19(14-17-8-4-5-9-17)21-18-12-13-22(15-18)20(24)11-10-16-6-2-1-3-7-16/h1-4,6-8,17-18H,5,9-15H2,(H,21,23)/t17-,18+/m0/s1. The molecule has 0 bridgehead atoms. The van der Waals surface area contributed by atoms with Gasteiger partial charge in [0, 0.05) is 32.0 Å². The lowest BCUT2D eigenvalue weighted by Crippen LogP contribution is -2.39. The predicted molar refractivity (Wildman–Crippen MR) is 94.4 cm³/mol. The monoisotopic (exact) mass is 326 g/mol. The molecule has 4 heteroatoms. The highest BCUT2D eigenvalue weighted by Crippen LogP contribution is 2.20. The lowest BCUT2D eigenvalue weighted by atomic mass is 10.0. The Morgan fingerprint density at radius 1 is 1.17 bits per heavy atom. The lowest BCUT2D eigenvalue weighted by molar-refractivity contribution is -0.130. The Kier molecular flexibility index (Phi) is 5.68. The van der Waals surface area contributed by atoms with Crippen LogP contribution in [0.25, 0.3) is 0 Å². The van der Waals surface area contributed by atoms with Crippen molar-refractivity contribution in [3.05, 3.63) is 48.0 Å². The van der Waals surface area contributed by atoms with Crippen LogP contribution in [0.2, 0.25) is 0 Å². The van der Waals surface area contributed by atoms with Crippen LogP contribution in [0.5, 0.6) is 0 Å². The molecular weight excluding hydrogens is 300 g/mol. The molecule has 0 saturated carbocycles. The number of likely N-dealkylation sites (tertiary alicyclic amines) is 1. The number of benzene rings is 1. The van der Waals surface area contributed by atoms with Gasteiger partial charge in [-0.1, -0.05) is 42.5 Å². The largest absolute Gasteiger partial charge is 0.352 e. The van der Waals surface area contributed by atoms with Crippen molar-refractivity contribution in [3.63, 3.8) is 0 Å². The van der Waals surface area contributed by atoms with Crippen molar-refractivity contribution in [2.75, 3.05) is 13.1 Å². The van der Waals surface area contributed by atoms with E-state index in [0.29, 0.717) is 25.3 Å². The van der Waals surface area contributed by atoms with Gasteiger partial charge in [0.05, 0.1) is 0 Å². The van der Waals surface area contributed by atoms with Crippen molar-refractivity contribution in [1.82, 2.24) is 10.2 Å². The molecule has 1 saturated heterocycles. The number of hydrogen-bond donors (Lipinski definition) is 1. The highest BCUT2D eigenvalue weighted by molar-refractivity contribution is 5.78. The maximum Gasteiger partial charge on any atom is 0.222 e. The van der Waals surface area contributed by atoms with E-state index >= 15 is 0 Å². The minimum atomic E-state index is 0.114. The van der Waals surface area contributed by atoms with Crippen molar-refractivity contribution in [1.29, 1.82) is 0 Å². The Morgan fingerprint density at radius 2 is 2.00 bits per heavy atom. The van der Waals surface area contributed by atoms with Crippen LogP contribution in [0.1, 0.15) is 37.7 Å². The molecule has 0 spiro atoms. The normalized spacial score (nSPS) is 22.8. The summed E-state index contributed by atoms with van der Waals surface area (Å²) in [5.74, 6) is 0.708. The third-order valence-corrected chi connectivity index (χ3v) is 4.94. The molecule has 2 aliphatic rings. The quantitative estimate of drug-likeness (QED) is 0.817. The van der Waals surface area contributed by atoms with Crippen LogP contribution in [0.3, 0.4) is 0 Å². The Morgan fingerprint density at radius 3 is 2.75 bits per heavy atom. The fourth-order valence-electron chi connectivity index (χ4n) is 3.55. The van der Waals surface area contributed by atoms with Crippen LogP contribution >= 0.6 is 0 Å². The van der Waals surface area contributed by atoms with Gasteiger partial charge in [-0.3, -0.25) is 9.59 Å². The van der Waals surface area contributed by atoms with E-state index in [1.54, 1.807) is 0 Å². The van der Waals surface area contributed by atoms with E-state index in [9.17, 15) is 9.59 Å². The van der Waals surface area contributed by atoms with Gasteiger partial charge in [0.15, 0.2) is 0 Å². The molecule has 1 heterocycles. The van der Waals surface area contributed by atoms with Gasteiger partial charge in [-0.25, -0.2) is 0 Å². The molecular formula is C20H26N2O2. The second kappa shape index (κ2) is 8.13. The maximum atomic E-state index is 12.3. The first-order chi connectivity index (χ1) is 11.7. The Balaban J connectivity index is 1.38. The summed E-state index contributed by atoms with van der Waals surface area (Å²) in [5, 5.41) is 3.10. The number of carbonyl (C=O) groups excluding carboxylic acids is 2. The Hall–Kier alpha value is -2.10. The van der Waals surface area contributed by atoms with Gasteiger partial charge in [0.2, 0.25) is 11.8 Å². The predicted octanol–water partition coefficient (Wildman–Crippen LogP) is 2.69. The first kappa shape index (κ1) is 16.7. The molecule has 2 amide bonds. The smallest absolute Gasteiger partial charge is 0.222 e. The van der Waals surface area contributed by atoms with Crippen LogP contribution in [-0.4, -0.2) is 35.8 Å². The van der Waals surface area contributed by atoms with Gasteiger partial charge in [-0.15, -0.1) is 0 Å². The summed E-state index contributed by atoms with van der Waals surface area (Å²) in [7, 11) is 0. The average molecular weight is 326 g/mol. The van der Waals surface area contributed by atoms with E-state index < -0.39 is 0 Å². The van der Waals surface area contributed by atoms with Crippen LogP contribution in [0.4, 0.5) is 0 Å². The highest BCUT2D eigenvalue weighted by Gasteiger charge is 2.27. The van der Waals surface area contributed by atoms with Crippen molar-refractivity contribution in [2.24, 2.45) is 5.92 Å². The van der Waals surface area contributed by atoms with Crippen molar-refractivity contribution in [2.45, 2.75) is 44.6 Å². The third-order valence-electron chi connectivity index (χ3n) is 4.94. The zero-order valence-electron chi connectivity index (χ0n) is 14.1. The van der Waals surface area contributed by atoms with Gasteiger partial charge in [0.25, 0.3) is 0 Å². The van der Waals surface area contributed by atoms with Crippen LogP contribution in [-0.2, 0) is 16.0 Å². The van der Waals surface area contributed by atoms with Gasteiger partial charge in [-0.05, 0) is 37.2 Å². The Labute approximate surface area is 143 Å². The highest BCUT2D eigenvalue weighted by atomic mass is 16.2. The molecule has 0 radical (unpaired) electrons. The second-order valence-electron chi connectivity index (χ2n) is 6.85. The fourth-order valence-corrected chi connectivity index (χ4v) is 3.55. The molecule has 24 heavy (non-hydrogen) atoms. The first-order valence-corrected chi connectivity index (χ1v) is 8.98. The lowest BCUT2D eigenvalue weighted by Gasteiger charge is -2.18. The zero-order chi connectivity index (χ0) is 16.8. The molecule has 1 aliphatic heterocycles. The summed E-state index contributed by atoms with van der Waals surface area (Å²) >= 11 is 0. The molecule has 1 aromatic rings. The van der Waals surface area contributed by atoms with Crippen molar-refractivity contribution >= 4 is 11.8 Å². The zero-order valence-corrected chi connectivity index (χ0v) is 14.1. The molecule has 1 N–H and O–H groups in total. The van der Waals surface area contributed by atoms with Gasteiger partial charge in [-0.2, -0.15) is 0 Å². The minimum Gasteiger partial charge on any atom is -0.352 e. The SMILES string of the molecule is O=C(C[C@H]1C=CCC1)N[C@@H]1CCN(C(=O)CCc2ccccc2)C1. The number of allylic oxidation sites excluding steroid dienone is 2. The molecule has 4 nitrogen and oxygen atoms in total. The van der Waals surface area contributed by atoms with E-state index in [1.165, 1.54) is 5.56 Å². The molecule has 2 atom stereocenters. The van der Waals surface area contributed by atoms with E-state index in [4.69, 9.17) is 0 Å². The van der Waals surface area contributed by atoms with Gasteiger partial charge in [0.1, 0.15) is 0 Å². The number of hydrogen-bond acceptors (Lipinski definition) is 2. The van der Waals surface area contributed by atoms with Crippen LogP contribution in [0, 0.1) is 5.92 Å². The van der Waals surface area contributed by atoms with E-state index in [0.717, 1.165) is 32.2 Å².